The van der Waals surface area contributed by atoms with Crippen molar-refractivity contribution in [2.45, 2.75) is 44.6 Å². The molecule has 76 valence electrons. The molecule has 2 N–H and O–H groups in total. The van der Waals surface area contributed by atoms with Crippen LogP contribution in [0.4, 0.5) is 0 Å². The highest BCUT2D eigenvalue weighted by Crippen LogP contribution is 2.62. The summed E-state index contributed by atoms with van der Waals surface area (Å²) < 4.78 is 0. The molecule has 2 aliphatic rings. The normalized spacial score (nSPS) is 24.6. The maximum Gasteiger partial charge on any atom is 0.131 e. The Kier molecular flexibility index (Phi) is 1.89. The Hall–Kier alpha value is -0.480. The first-order valence-corrected chi connectivity index (χ1v) is 6.15. The molecule has 1 heterocycles. The molecular formula is C10H15N3S. The first-order valence-electron chi connectivity index (χ1n) is 5.34. The van der Waals surface area contributed by atoms with Gasteiger partial charge >= 0.3 is 0 Å². The Labute approximate surface area is 87.7 Å². The van der Waals surface area contributed by atoms with E-state index in [4.69, 9.17) is 5.73 Å². The number of hydrogen-bond donors (Lipinski definition) is 1. The Morgan fingerprint density at radius 3 is 2.64 bits per heavy atom. The third-order valence-electron chi connectivity index (χ3n) is 3.78. The quantitative estimate of drug-likeness (QED) is 0.811. The minimum Gasteiger partial charge on any atom is -0.324 e. The third kappa shape index (κ3) is 1.21. The van der Waals surface area contributed by atoms with E-state index < -0.39 is 0 Å². The Morgan fingerprint density at radius 2 is 2.14 bits per heavy atom. The fraction of sp³-hybridized carbons (Fsp3) is 0.800. The average molecular weight is 209 g/mol. The average Bonchev–Trinajstić information content (AvgIpc) is 2.47. The smallest absolute Gasteiger partial charge is 0.131 e. The molecule has 0 amide bonds. The molecule has 3 nitrogen and oxygen atoms in total. The van der Waals surface area contributed by atoms with Gasteiger partial charge in [-0.05, 0) is 31.1 Å². The molecule has 3 rings (SSSR count). The molecule has 4 heteroatoms. The number of aromatic nitrogens is 2. The molecular weight excluding hydrogens is 194 g/mol. The summed E-state index contributed by atoms with van der Waals surface area (Å²) in [5.41, 5.74) is 6.26. The van der Waals surface area contributed by atoms with E-state index in [1.807, 2.05) is 0 Å². The molecule has 1 aromatic heterocycles. The van der Waals surface area contributed by atoms with Gasteiger partial charge in [0.2, 0.25) is 0 Å². The van der Waals surface area contributed by atoms with Crippen LogP contribution in [0.3, 0.4) is 0 Å². The molecule has 0 saturated heterocycles. The summed E-state index contributed by atoms with van der Waals surface area (Å²) >= 11 is 1.70. The monoisotopic (exact) mass is 209 g/mol. The third-order valence-corrected chi connectivity index (χ3v) is 4.89. The molecule has 0 radical (unpaired) electrons. The fourth-order valence-electron chi connectivity index (χ4n) is 2.76. The number of nitrogens with zero attached hydrogens (tertiary/aromatic N) is 2. The molecule has 2 saturated carbocycles. The maximum absolute atomic E-state index is 5.52. The molecule has 0 atom stereocenters. The number of nitrogens with two attached hydrogens (primary N) is 1. The summed E-state index contributed by atoms with van der Waals surface area (Å²) in [5, 5.41) is 10.5. The standard InChI is InChI=1S/C10H15N3S/c11-6-8-12-13-9(14-8)7-4-10(5-7)2-1-3-10/h7H,1-6,11H2. The van der Waals surface area contributed by atoms with E-state index in [-0.39, 0.29) is 0 Å². The topological polar surface area (TPSA) is 51.8 Å². The van der Waals surface area contributed by atoms with Gasteiger partial charge in [-0.15, -0.1) is 10.2 Å². The maximum atomic E-state index is 5.52. The molecule has 0 aliphatic heterocycles. The van der Waals surface area contributed by atoms with Gasteiger partial charge in [0.1, 0.15) is 10.0 Å². The van der Waals surface area contributed by atoms with Crippen molar-refractivity contribution in [2.75, 3.05) is 0 Å². The van der Waals surface area contributed by atoms with Gasteiger partial charge in [0, 0.05) is 12.5 Å². The van der Waals surface area contributed by atoms with Crippen molar-refractivity contribution in [1.29, 1.82) is 0 Å². The molecule has 2 aliphatic carbocycles. The minimum atomic E-state index is 0.537. The van der Waals surface area contributed by atoms with Crippen molar-refractivity contribution in [3.8, 4) is 0 Å². The second-order valence-electron chi connectivity index (χ2n) is 4.70. The summed E-state index contributed by atoms with van der Waals surface area (Å²) in [6.45, 7) is 0.537. The lowest BCUT2D eigenvalue weighted by Crippen LogP contribution is -2.41. The van der Waals surface area contributed by atoms with Crippen molar-refractivity contribution in [3.05, 3.63) is 10.0 Å². The van der Waals surface area contributed by atoms with Gasteiger partial charge in [-0.1, -0.05) is 17.8 Å². The largest absolute Gasteiger partial charge is 0.324 e. The van der Waals surface area contributed by atoms with Crippen molar-refractivity contribution in [3.63, 3.8) is 0 Å². The van der Waals surface area contributed by atoms with E-state index >= 15 is 0 Å². The van der Waals surface area contributed by atoms with Crippen LogP contribution in [0.1, 0.15) is 48.0 Å². The highest BCUT2D eigenvalue weighted by Gasteiger charge is 2.49. The van der Waals surface area contributed by atoms with Crippen LogP contribution in [0, 0.1) is 5.41 Å². The number of hydrogen-bond acceptors (Lipinski definition) is 4. The van der Waals surface area contributed by atoms with E-state index in [0.29, 0.717) is 12.5 Å². The van der Waals surface area contributed by atoms with Crippen LogP contribution in [0.2, 0.25) is 0 Å². The van der Waals surface area contributed by atoms with E-state index in [0.717, 1.165) is 10.4 Å². The van der Waals surface area contributed by atoms with Gasteiger partial charge < -0.3 is 5.73 Å². The van der Waals surface area contributed by atoms with Crippen LogP contribution in [0.5, 0.6) is 0 Å². The molecule has 1 aromatic rings. The summed E-state index contributed by atoms with van der Waals surface area (Å²) in [5.74, 6) is 0.702. The highest BCUT2D eigenvalue weighted by atomic mass is 32.1. The first kappa shape index (κ1) is 8.80. The van der Waals surface area contributed by atoms with Crippen molar-refractivity contribution < 1.29 is 0 Å². The lowest BCUT2D eigenvalue weighted by Gasteiger charge is -2.53. The first-order chi connectivity index (χ1) is 6.81. The minimum absolute atomic E-state index is 0.537. The highest BCUT2D eigenvalue weighted by molar-refractivity contribution is 7.11. The molecule has 14 heavy (non-hydrogen) atoms. The van der Waals surface area contributed by atoms with Gasteiger partial charge in [-0.3, -0.25) is 0 Å². The van der Waals surface area contributed by atoms with Gasteiger partial charge in [0.15, 0.2) is 0 Å². The van der Waals surface area contributed by atoms with Gasteiger partial charge in [-0.2, -0.15) is 0 Å². The second-order valence-corrected chi connectivity index (χ2v) is 5.79. The molecule has 1 spiro atoms. The van der Waals surface area contributed by atoms with E-state index in [9.17, 15) is 0 Å². The molecule has 0 unspecified atom stereocenters. The van der Waals surface area contributed by atoms with Crippen molar-refractivity contribution in [1.82, 2.24) is 10.2 Å². The lowest BCUT2D eigenvalue weighted by molar-refractivity contribution is 0.00874. The van der Waals surface area contributed by atoms with Crippen LogP contribution in [0.15, 0.2) is 0 Å². The number of rotatable bonds is 2. The zero-order valence-corrected chi connectivity index (χ0v) is 9.02. The SMILES string of the molecule is NCc1nnc(C2CC3(CCC3)C2)s1. The zero-order chi connectivity index (χ0) is 9.60. The van der Waals surface area contributed by atoms with Crippen LogP contribution >= 0.6 is 11.3 Å². The van der Waals surface area contributed by atoms with Gasteiger partial charge in [0.25, 0.3) is 0 Å². The van der Waals surface area contributed by atoms with Crippen LogP contribution in [0.25, 0.3) is 0 Å². The van der Waals surface area contributed by atoms with Gasteiger partial charge in [-0.25, -0.2) is 0 Å². The zero-order valence-electron chi connectivity index (χ0n) is 8.20. The second kappa shape index (κ2) is 3.00. The van der Waals surface area contributed by atoms with Crippen molar-refractivity contribution >= 4 is 11.3 Å². The van der Waals surface area contributed by atoms with Gasteiger partial charge in [0.05, 0.1) is 0 Å². The molecule has 0 bridgehead atoms. The predicted octanol–water partition coefficient (Wildman–Crippen LogP) is 2.04. The summed E-state index contributed by atoms with van der Waals surface area (Å²) in [7, 11) is 0. The van der Waals surface area contributed by atoms with Crippen molar-refractivity contribution in [2.24, 2.45) is 11.1 Å². The Morgan fingerprint density at radius 1 is 1.36 bits per heavy atom. The van der Waals surface area contributed by atoms with Crippen LogP contribution in [-0.2, 0) is 6.54 Å². The summed E-state index contributed by atoms with van der Waals surface area (Å²) in [6.07, 6.45) is 7.05. The van der Waals surface area contributed by atoms with E-state index in [2.05, 4.69) is 10.2 Å². The van der Waals surface area contributed by atoms with E-state index in [1.165, 1.54) is 37.1 Å². The summed E-state index contributed by atoms with van der Waals surface area (Å²) in [4.78, 5) is 0. The van der Waals surface area contributed by atoms with Crippen LogP contribution in [-0.4, -0.2) is 10.2 Å². The lowest BCUT2D eigenvalue weighted by atomic mass is 9.52. The van der Waals surface area contributed by atoms with E-state index in [1.54, 1.807) is 11.3 Å². The predicted molar refractivity (Wildman–Crippen MR) is 56.1 cm³/mol. The summed E-state index contributed by atoms with van der Waals surface area (Å²) in [6, 6.07) is 0. The molecule has 0 aromatic carbocycles. The Bertz CT molecular complexity index is 335. The van der Waals surface area contributed by atoms with Crippen LogP contribution < -0.4 is 5.73 Å². The fourth-order valence-corrected chi connectivity index (χ4v) is 3.58. The molecule has 2 fully saturated rings. The Balaban J connectivity index is 1.67.